The van der Waals surface area contributed by atoms with Gasteiger partial charge in [0.15, 0.2) is 0 Å². The van der Waals surface area contributed by atoms with Crippen LogP contribution in [0.4, 0.5) is 39.8 Å². The smallest absolute Gasteiger partial charge is 0.202 e. The van der Waals surface area contributed by atoms with Gasteiger partial charge in [0.1, 0.15) is 17.6 Å². The molecule has 0 N–H and O–H groups in total. The number of nitrogens with zero attached hydrogens (tertiary/aromatic N) is 4. The highest BCUT2D eigenvalue weighted by atomic mass is 16.5. The molecule has 0 unspecified atom stereocenters. The molecule has 0 radical (unpaired) electrons. The van der Waals surface area contributed by atoms with Crippen molar-refractivity contribution in [2.45, 2.75) is 76.4 Å². The molecule has 6 heteroatoms. The number of fused-ring (bicyclic) bond motifs is 1. The highest BCUT2D eigenvalue weighted by molar-refractivity contribution is 6.03. The van der Waals surface area contributed by atoms with Crippen LogP contribution >= 0.6 is 0 Å². The Bertz CT molecular complexity index is 2940. The van der Waals surface area contributed by atoms with E-state index >= 15 is 0 Å². The summed E-state index contributed by atoms with van der Waals surface area (Å²) in [7, 11) is 0. The lowest BCUT2D eigenvalue weighted by atomic mass is 9.95. The molecule has 0 atom stereocenters. The molecular weight excluding hydrogens is 857 g/mol. The monoisotopic (exact) mass is 912 g/mol. The van der Waals surface area contributed by atoms with E-state index in [1.54, 1.807) is 0 Å². The topological polar surface area (TPSA) is 53.1 Å². The van der Waals surface area contributed by atoms with E-state index in [0.29, 0.717) is 23.5 Å². The molecule has 0 spiro atoms. The van der Waals surface area contributed by atoms with Crippen LogP contribution in [0, 0.1) is 17.9 Å². The van der Waals surface area contributed by atoms with Gasteiger partial charge in [0, 0.05) is 34.1 Å². The van der Waals surface area contributed by atoms with E-state index in [2.05, 4.69) is 166 Å². The fourth-order valence-electron chi connectivity index (χ4n) is 9.93. The van der Waals surface area contributed by atoms with Crippen molar-refractivity contribution >= 4 is 74.9 Å². The number of nitriles is 1. The minimum atomic E-state index is 0.304. The van der Waals surface area contributed by atoms with Gasteiger partial charge >= 0.3 is 0 Å². The Balaban J connectivity index is 0.848. The fourth-order valence-corrected chi connectivity index (χ4v) is 9.93. The molecule has 0 amide bonds. The van der Waals surface area contributed by atoms with Gasteiger partial charge in [0.05, 0.1) is 24.3 Å². The molecular formula is C64H56N4O2. The molecule has 0 bridgehead atoms. The summed E-state index contributed by atoms with van der Waals surface area (Å²) in [6, 6.07) is 64.9. The van der Waals surface area contributed by atoms with Crippen LogP contribution in [0.5, 0.6) is 11.5 Å². The zero-order chi connectivity index (χ0) is 47.5. The van der Waals surface area contributed by atoms with Crippen LogP contribution in [0.3, 0.4) is 0 Å². The van der Waals surface area contributed by atoms with Crippen molar-refractivity contribution in [1.82, 2.24) is 0 Å². The van der Waals surface area contributed by atoms with Gasteiger partial charge in [0.25, 0.3) is 0 Å². The third-order valence-corrected chi connectivity index (χ3v) is 13.6. The normalized spacial score (nSPS) is 14.3. The average molecular weight is 913 g/mol. The second-order valence-electron chi connectivity index (χ2n) is 18.3. The lowest BCUT2D eigenvalue weighted by Gasteiger charge is -2.26. The van der Waals surface area contributed by atoms with Crippen LogP contribution in [-0.2, 0) is 0 Å². The third kappa shape index (κ3) is 10.5. The number of hydrogen-bond acceptors (Lipinski definition) is 5. The van der Waals surface area contributed by atoms with Crippen molar-refractivity contribution in [3.63, 3.8) is 0 Å². The van der Waals surface area contributed by atoms with Crippen LogP contribution in [0.2, 0.25) is 0 Å². The molecule has 10 rings (SSSR count). The zero-order valence-electron chi connectivity index (χ0n) is 39.5. The molecule has 0 aliphatic heterocycles. The number of ether oxygens (including phenoxy) is 2. The van der Waals surface area contributed by atoms with Crippen molar-refractivity contribution in [2.75, 3.05) is 9.80 Å². The Kier molecular flexibility index (Phi) is 14.1. The Labute approximate surface area is 412 Å². The van der Waals surface area contributed by atoms with Crippen LogP contribution < -0.4 is 19.3 Å². The summed E-state index contributed by atoms with van der Waals surface area (Å²) in [6.07, 6.45) is 20.7. The number of rotatable bonds is 14. The van der Waals surface area contributed by atoms with Gasteiger partial charge in [-0.25, -0.2) is 4.85 Å². The Morgan fingerprint density at radius 2 is 0.814 bits per heavy atom. The molecule has 70 heavy (non-hydrogen) atoms. The summed E-state index contributed by atoms with van der Waals surface area (Å²) in [5, 5.41) is 12.0. The van der Waals surface area contributed by atoms with Crippen molar-refractivity contribution in [1.29, 1.82) is 5.26 Å². The summed E-state index contributed by atoms with van der Waals surface area (Å²) in [6.45, 7) is 8.23. The molecule has 8 aromatic carbocycles. The molecule has 0 saturated heterocycles. The van der Waals surface area contributed by atoms with Crippen molar-refractivity contribution in [2.24, 2.45) is 0 Å². The van der Waals surface area contributed by atoms with Gasteiger partial charge in [-0.15, -0.1) is 0 Å². The first-order valence-corrected chi connectivity index (χ1v) is 24.8. The second kappa shape index (κ2) is 21.8. The van der Waals surface area contributed by atoms with Crippen LogP contribution in [-0.4, -0.2) is 12.2 Å². The molecule has 344 valence electrons. The largest absolute Gasteiger partial charge is 0.490 e. The Morgan fingerprint density at radius 3 is 1.24 bits per heavy atom. The maximum absolute atomic E-state index is 10.5. The SMILES string of the molecule is [C-]#[N+]c1c(C=Cc2ccc(N(c3ccccc3)c3ccc(OC4CCCCC4)cc3)cc2)ccc2c(C#N)c(C=Cc3ccc(N(c4ccccc4)c4ccc(OC5CCCCC5)cc4)cc3)ccc12. The van der Waals surface area contributed by atoms with Gasteiger partial charge in [-0.05, 0) is 181 Å². The second-order valence-corrected chi connectivity index (χ2v) is 18.3. The third-order valence-electron chi connectivity index (χ3n) is 13.6. The lowest BCUT2D eigenvalue weighted by molar-refractivity contribution is 0.155. The molecule has 8 aromatic rings. The van der Waals surface area contributed by atoms with Crippen molar-refractivity contribution in [3.8, 4) is 17.6 Å². The first-order valence-electron chi connectivity index (χ1n) is 24.8. The van der Waals surface area contributed by atoms with Gasteiger partial charge in [-0.3, -0.25) is 0 Å². The maximum atomic E-state index is 10.5. The van der Waals surface area contributed by atoms with Crippen LogP contribution in [0.25, 0.3) is 39.9 Å². The molecule has 2 aliphatic carbocycles. The van der Waals surface area contributed by atoms with E-state index in [4.69, 9.17) is 16.0 Å². The van der Waals surface area contributed by atoms with Gasteiger partial charge in [0.2, 0.25) is 5.69 Å². The van der Waals surface area contributed by atoms with E-state index in [1.165, 1.54) is 38.5 Å². The summed E-state index contributed by atoms with van der Waals surface area (Å²) >= 11 is 0. The Morgan fingerprint density at radius 1 is 0.429 bits per heavy atom. The fraction of sp³-hybridized carbons (Fsp3) is 0.188. The van der Waals surface area contributed by atoms with E-state index < -0.39 is 0 Å². The molecule has 2 aliphatic rings. The molecule has 6 nitrogen and oxygen atoms in total. The van der Waals surface area contributed by atoms with Crippen molar-refractivity contribution in [3.05, 3.63) is 221 Å². The summed E-state index contributed by atoms with van der Waals surface area (Å²) in [4.78, 5) is 8.49. The van der Waals surface area contributed by atoms with Gasteiger partial charge in [-0.1, -0.05) is 122 Å². The van der Waals surface area contributed by atoms with Gasteiger partial charge in [-0.2, -0.15) is 5.26 Å². The zero-order valence-corrected chi connectivity index (χ0v) is 39.5. The summed E-state index contributed by atoms with van der Waals surface area (Å²) in [5.41, 5.74) is 11.0. The number of benzene rings is 8. The van der Waals surface area contributed by atoms with Crippen LogP contribution in [0.1, 0.15) is 92.0 Å². The minimum Gasteiger partial charge on any atom is -0.490 e. The molecule has 2 saturated carbocycles. The highest BCUT2D eigenvalue weighted by Crippen LogP contribution is 2.39. The standard InChI is InChI=1S/C64H56N4O2/c1-66-64-50(29-23-48-26-34-54(35-27-48)68(52-16-8-3-9-17-52)56-38-42-60(43-39-56)70-58-20-12-5-13-21-58)31-44-61-62(64)45-30-49(63(61)46-65)28-22-47-24-32-53(33-25-47)67(51-14-6-2-7-15-51)55-36-40-59(41-37-55)69-57-18-10-4-11-19-57/h2-3,6-9,14-17,22-45,57-58H,4-5,10-13,18-21H2. The first-order chi connectivity index (χ1) is 34.6. The van der Waals surface area contributed by atoms with Crippen molar-refractivity contribution < 1.29 is 9.47 Å². The van der Waals surface area contributed by atoms with E-state index in [9.17, 15) is 5.26 Å². The first kappa shape index (κ1) is 45.5. The van der Waals surface area contributed by atoms with Crippen LogP contribution in [0.15, 0.2) is 182 Å². The molecule has 0 heterocycles. The summed E-state index contributed by atoms with van der Waals surface area (Å²) in [5.74, 6) is 1.83. The predicted octanol–water partition coefficient (Wildman–Crippen LogP) is 18.0. The predicted molar refractivity (Wildman–Crippen MR) is 290 cm³/mol. The average Bonchev–Trinajstić information content (AvgIpc) is 3.42. The maximum Gasteiger partial charge on any atom is 0.202 e. The molecule has 0 aromatic heterocycles. The Hall–Kier alpha value is -8.32. The molecule has 2 fully saturated rings. The minimum absolute atomic E-state index is 0.304. The van der Waals surface area contributed by atoms with E-state index in [0.717, 1.165) is 104 Å². The van der Waals surface area contributed by atoms with Gasteiger partial charge < -0.3 is 19.3 Å². The van der Waals surface area contributed by atoms with E-state index in [-0.39, 0.29) is 0 Å². The van der Waals surface area contributed by atoms with E-state index in [1.807, 2.05) is 60.7 Å². The number of para-hydroxylation sites is 2. The summed E-state index contributed by atoms with van der Waals surface area (Å²) < 4.78 is 12.7. The highest BCUT2D eigenvalue weighted by Gasteiger charge is 2.19. The lowest BCUT2D eigenvalue weighted by Crippen LogP contribution is -2.19. The number of anilines is 6. The number of hydrogen-bond donors (Lipinski definition) is 0. The quantitative estimate of drug-likeness (QED) is 0.0804.